The highest BCUT2D eigenvalue weighted by Crippen LogP contribution is 2.33. The van der Waals surface area contributed by atoms with Crippen LogP contribution in [0.1, 0.15) is 40.5 Å². The molecular weight excluding hydrogens is 540 g/mol. The first-order chi connectivity index (χ1) is 14.5. The molecule has 2 N–H and O–H groups in total. The molecular formula is C23H32Cl4F2N6. The Bertz CT molecular complexity index is 1060. The average molecular weight is 572 g/mol. The topological polar surface area (TPSA) is 69.7 Å². The van der Waals surface area contributed by atoms with Crippen molar-refractivity contribution in [1.82, 2.24) is 25.7 Å². The molecule has 3 heterocycles. The minimum atomic E-state index is -0.560. The van der Waals surface area contributed by atoms with E-state index < -0.39 is 11.6 Å². The number of H-pyrrole nitrogens is 1. The zero-order valence-electron chi connectivity index (χ0n) is 20.1. The highest BCUT2D eigenvalue weighted by molar-refractivity contribution is 5.86. The van der Waals surface area contributed by atoms with E-state index in [1.54, 1.807) is 6.07 Å². The number of hydrogen-bond acceptors (Lipinski definition) is 5. The first kappa shape index (κ1) is 33.3. The van der Waals surface area contributed by atoms with Gasteiger partial charge in [-0.3, -0.25) is 5.10 Å². The van der Waals surface area contributed by atoms with Crippen molar-refractivity contribution in [1.29, 1.82) is 0 Å². The number of aromatic nitrogens is 4. The first-order valence-corrected chi connectivity index (χ1v) is 10.4. The van der Waals surface area contributed by atoms with Crippen molar-refractivity contribution in [2.75, 3.05) is 11.9 Å². The van der Waals surface area contributed by atoms with Crippen LogP contribution in [0.3, 0.4) is 0 Å². The third kappa shape index (κ3) is 7.40. The highest BCUT2D eigenvalue weighted by atomic mass is 35.5. The maximum Gasteiger partial charge on any atom is 0.151 e. The largest absolute Gasteiger partial charge is 0.355 e. The predicted octanol–water partition coefficient (Wildman–Crippen LogP) is 6.24. The summed E-state index contributed by atoms with van der Waals surface area (Å²) in [6.45, 7) is 8.81. The van der Waals surface area contributed by atoms with Crippen LogP contribution in [0, 0.1) is 11.6 Å². The quantitative estimate of drug-likeness (QED) is 0.387. The second-order valence-corrected chi connectivity index (χ2v) is 9.64. The van der Waals surface area contributed by atoms with Gasteiger partial charge in [0.2, 0.25) is 0 Å². The lowest BCUT2D eigenvalue weighted by Gasteiger charge is -2.49. The van der Waals surface area contributed by atoms with E-state index in [9.17, 15) is 8.78 Å². The molecule has 0 unspecified atom stereocenters. The second-order valence-electron chi connectivity index (χ2n) is 9.64. The number of nitrogens with one attached hydrogen (secondary N) is 2. The Hall–Kier alpha value is -1.71. The number of benzene rings is 1. The minimum Gasteiger partial charge on any atom is -0.355 e. The molecule has 6 nitrogen and oxygen atoms in total. The maximum atomic E-state index is 14.7. The molecule has 12 heteroatoms. The molecule has 196 valence electrons. The van der Waals surface area contributed by atoms with Crippen LogP contribution in [0.4, 0.5) is 14.6 Å². The van der Waals surface area contributed by atoms with Gasteiger partial charge in [-0.1, -0.05) is 0 Å². The summed E-state index contributed by atoms with van der Waals surface area (Å²) >= 11 is 0. The van der Waals surface area contributed by atoms with Crippen molar-refractivity contribution < 1.29 is 8.78 Å². The summed E-state index contributed by atoms with van der Waals surface area (Å²) in [6.07, 6.45) is 4.90. The maximum absolute atomic E-state index is 14.7. The fourth-order valence-electron chi connectivity index (χ4n) is 4.75. The molecule has 1 aliphatic heterocycles. The van der Waals surface area contributed by atoms with Gasteiger partial charge in [-0.05, 0) is 64.8 Å². The van der Waals surface area contributed by atoms with Crippen LogP contribution in [-0.4, -0.2) is 44.6 Å². The van der Waals surface area contributed by atoms with Crippen molar-refractivity contribution >= 4 is 55.4 Å². The fraction of sp³-hybridized carbons (Fsp3) is 0.435. The Morgan fingerprint density at radius 1 is 0.886 bits per heavy atom. The van der Waals surface area contributed by atoms with Gasteiger partial charge in [0.15, 0.2) is 5.82 Å². The molecule has 1 aliphatic rings. The standard InChI is InChI=1S/C23H28F2N6.4ClH/c1-22(2)10-15(11-23(3,4)30-22)31(5)21-7-6-20(28-29-21)17-9-18(24)16(8-19(17)25)14-12-26-27-13-14;;;;/h6-9,12-13,15,30H,10-11H2,1-5H3,(H,26,27);4*1H. The first-order valence-electron chi connectivity index (χ1n) is 10.4. The van der Waals surface area contributed by atoms with Gasteiger partial charge in [0.05, 0.1) is 11.9 Å². The molecule has 35 heavy (non-hydrogen) atoms. The van der Waals surface area contributed by atoms with Crippen LogP contribution >= 0.6 is 49.6 Å². The highest BCUT2D eigenvalue weighted by Gasteiger charge is 2.39. The van der Waals surface area contributed by atoms with Crippen molar-refractivity contribution in [3.63, 3.8) is 0 Å². The summed E-state index contributed by atoms with van der Waals surface area (Å²) in [7, 11) is 2.01. The smallest absolute Gasteiger partial charge is 0.151 e. The van der Waals surface area contributed by atoms with E-state index in [0.29, 0.717) is 17.1 Å². The van der Waals surface area contributed by atoms with E-state index in [0.717, 1.165) is 25.0 Å². The number of piperidine rings is 1. The van der Waals surface area contributed by atoms with Gasteiger partial charge in [-0.2, -0.15) is 5.10 Å². The molecule has 0 radical (unpaired) electrons. The van der Waals surface area contributed by atoms with Gasteiger partial charge < -0.3 is 10.2 Å². The molecule has 1 fully saturated rings. The number of hydrogen-bond donors (Lipinski definition) is 2. The van der Waals surface area contributed by atoms with Crippen LogP contribution in [-0.2, 0) is 0 Å². The van der Waals surface area contributed by atoms with Crippen molar-refractivity contribution in [2.24, 2.45) is 0 Å². The summed E-state index contributed by atoms with van der Waals surface area (Å²) in [5, 5.41) is 18.6. The minimum absolute atomic E-state index is 0. The number of halogens is 6. The fourth-order valence-corrected chi connectivity index (χ4v) is 4.75. The zero-order valence-corrected chi connectivity index (χ0v) is 23.4. The van der Waals surface area contributed by atoms with E-state index in [-0.39, 0.29) is 77.9 Å². The molecule has 0 aliphatic carbocycles. The molecule has 1 saturated heterocycles. The molecule has 3 aromatic rings. The number of anilines is 1. The van der Waals surface area contributed by atoms with Crippen LogP contribution < -0.4 is 10.2 Å². The lowest BCUT2D eigenvalue weighted by atomic mass is 9.79. The number of aromatic amines is 1. The van der Waals surface area contributed by atoms with Gasteiger partial charge in [0.1, 0.15) is 11.6 Å². The third-order valence-electron chi connectivity index (χ3n) is 5.87. The van der Waals surface area contributed by atoms with Crippen LogP contribution in [0.5, 0.6) is 0 Å². The summed E-state index contributed by atoms with van der Waals surface area (Å²) in [4.78, 5) is 2.13. The Labute approximate surface area is 229 Å². The molecule has 0 amide bonds. The lowest BCUT2D eigenvalue weighted by Crippen LogP contribution is -2.62. The summed E-state index contributed by atoms with van der Waals surface area (Å²) in [6, 6.07) is 6.10. The Morgan fingerprint density at radius 2 is 1.46 bits per heavy atom. The van der Waals surface area contributed by atoms with E-state index in [2.05, 4.69) is 58.3 Å². The van der Waals surface area contributed by atoms with Gasteiger partial charge >= 0.3 is 0 Å². The van der Waals surface area contributed by atoms with E-state index in [1.807, 2.05) is 13.1 Å². The predicted molar refractivity (Wildman–Crippen MR) is 147 cm³/mol. The molecule has 0 bridgehead atoms. The number of rotatable bonds is 4. The summed E-state index contributed by atoms with van der Waals surface area (Å²) in [5.74, 6) is -0.395. The SMILES string of the molecule is CN(c1ccc(-c2cc(F)c(-c3cn[nH]c3)cc2F)nn1)C1CC(C)(C)NC(C)(C)C1.Cl.Cl.Cl.Cl. The van der Waals surface area contributed by atoms with Gasteiger partial charge in [-0.15, -0.1) is 59.8 Å². The molecule has 1 aromatic carbocycles. The second kappa shape index (κ2) is 12.5. The molecule has 4 rings (SSSR count). The van der Waals surface area contributed by atoms with Gasteiger partial charge in [0.25, 0.3) is 0 Å². The van der Waals surface area contributed by atoms with Crippen molar-refractivity contribution in [3.8, 4) is 22.4 Å². The molecule has 0 saturated carbocycles. The van der Waals surface area contributed by atoms with Crippen LogP contribution in [0.2, 0.25) is 0 Å². The summed E-state index contributed by atoms with van der Waals surface area (Å²) < 4.78 is 29.4. The Morgan fingerprint density at radius 3 is 1.97 bits per heavy atom. The monoisotopic (exact) mass is 570 g/mol. The lowest BCUT2D eigenvalue weighted by molar-refractivity contribution is 0.160. The summed E-state index contributed by atoms with van der Waals surface area (Å²) in [5.41, 5.74) is 1.01. The Balaban J connectivity index is 0.00000289. The van der Waals surface area contributed by atoms with Gasteiger partial charge in [0, 0.05) is 47.1 Å². The zero-order chi connectivity index (χ0) is 22.4. The Kier molecular flexibility index (Phi) is 11.9. The average Bonchev–Trinajstić information content (AvgIpc) is 3.21. The van der Waals surface area contributed by atoms with E-state index >= 15 is 0 Å². The number of nitrogens with zero attached hydrogens (tertiary/aromatic N) is 4. The molecule has 2 aromatic heterocycles. The molecule has 0 spiro atoms. The van der Waals surface area contributed by atoms with Crippen molar-refractivity contribution in [2.45, 2.75) is 57.7 Å². The normalized spacial score (nSPS) is 16.1. The van der Waals surface area contributed by atoms with E-state index in [1.165, 1.54) is 12.4 Å². The molecule has 0 atom stereocenters. The van der Waals surface area contributed by atoms with Crippen LogP contribution in [0.15, 0.2) is 36.7 Å². The third-order valence-corrected chi connectivity index (χ3v) is 5.87. The van der Waals surface area contributed by atoms with E-state index in [4.69, 9.17) is 0 Å². The van der Waals surface area contributed by atoms with Gasteiger partial charge in [-0.25, -0.2) is 8.78 Å². The van der Waals surface area contributed by atoms with Crippen molar-refractivity contribution in [3.05, 3.63) is 48.3 Å². The van der Waals surface area contributed by atoms with Crippen LogP contribution in [0.25, 0.3) is 22.4 Å².